The van der Waals surface area contributed by atoms with Gasteiger partial charge < -0.3 is 10.7 Å². The van der Waals surface area contributed by atoms with E-state index in [0.717, 1.165) is 36.1 Å². The Morgan fingerprint density at radius 2 is 2.32 bits per heavy atom. The second-order valence-corrected chi connectivity index (χ2v) is 6.15. The van der Waals surface area contributed by atoms with Crippen LogP contribution >= 0.6 is 0 Å². The minimum absolute atomic E-state index is 0.261. The SMILES string of the molecule is CCc1ccc2nc(C3(N)CCCC(C)C3)[nH]c2c1. The van der Waals surface area contributed by atoms with Gasteiger partial charge in [-0.2, -0.15) is 0 Å². The maximum atomic E-state index is 6.61. The lowest BCUT2D eigenvalue weighted by Gasteiger charge is -2.35. The van der Waals surface area contributed by atoms with Crippen LogP contribution < -0.4 is 5.73 Å². The number of hydrogen-bond donors (Lipinski definition) is 2. The molecule has 2 unspecified atom stereocenters. The summed E-state index contributed by atoms with van der Waals surface area (Å²) in [5.41, 5.74) is 9.85. The van der Waals surface area contributed by atoms with Crippen molar-refractivity contribution in [2.75, 3.05) is 0 Å². The highest BCUT2D eigenvalue weighted by Gasteiger charge is 2.35. The third-order valence-corrected chi connectivity index (χ3v) is 4.46. The maximum Gasteiger partial charge on any atom is 0.127 e. The Morgan fingerprint density at radius 3 is 3.05 bits per heavy atom. The fourth-order valence-corrected chi connectivity index (χ4v) is 3.32. The number of rotatable bonds is 2. The summed E-state index contributed by atoms with van der Waals surface area (Å²) >= 11 is 0. The van der Waals surface area contributed by atoms with Crippen LogP contribution in [-0.2, 0) is 12.0 Å². The van der Waals surface area contributed by atoms with E-state index in [-0.39, 0.29) is 5.54 Å². The number of hydrogen-bond acceptors (Lipinski definition) is 2. The number of aromatic nitrogens is 2. The van der Waals surface area contributed by atoms with E-state index in [4.69, 9.17) is 10.7 Å². The Morgan fingerprint density at radius 1 is 1.47 bits per heavy atom. The van der Waals surface area contributed by atoms with Crippen LogP contribution in [0.5, 0.6) is 0 Å². The summed E-state index contributed by atoms with van der Waals surface area (Å²) < 4.78 is 0. The van der Waals surface area contributed by atoms with Crippen LogP contribution in [0.15, 0.2) is 18.2 Å². The van der Waals surface area contributed by atoms with Crippen LogP contribution in [0.4, 0.5) is 0 Å². The summed E-state index contributed by atoms with van der Waals surface area (Å²) in [6, 6.07) is 6.45. The first-order chi connectivity index (χ1) is 9.10. The first kappa shape index (κ1) is 12.7. The van der Waals surface area contributed by atoms with Gasteiger partial charge in [-0.1, -0.05) is 32.8 Å². The molecular weight excluding hydrogens is 234 g/mol. The second-order valence-electron chi connectivity index (χ2n) is 6.15. The molecule has 3 N–H and O–H groups in total. The molecule has 1 aromatic heterocycles. The monoisotopic (exact) mass is 257 g/mol. The highest BCUT2D eigenvalue weighted by Crippen LogP contribution is 2.37. The molecule has 1 heterocycles. The predicted molar refractivity (Wildman–Crippen MR) is 79.0 cm³/mol. The molecular formula is C16H23N3. The average molecular weight is 257 g/mol. The molecule has 1 aromatic carbocycles. The molecule has 0 spiro atoms. The molecule has 1 aliphatic rings. The van der Waals surface area contributed by atoms with Crippen molar-refractivity contribution >= 4 is 11.0 Å². The van der Waals surface area contributed by atoms with E-state index >= 15 is 0 Å². The lowest BCUT2D eigenvalue weighted by atomic mass is 9.76. The summed E-state index contributed by atoms with van der Waals surface area (Å²) in [6.45, 7) is 4.46. The number of nitrogens with zero attached hydrogens (tertiary/aromatic N) is 1. The number of aromatic amines is 1. The number of nitrogens with one attached hydrogen (secondary N) is 1. The molecule has 0 saturated heterocycles. The zero-order valence-electron chi connectivity index (χ0n) is 11.9. The molecule has 102 valence electrons. The van der Waals surface area contributed by atoms with Gasteiger partial charge in [0.25, 0.3) is 0 Å². The van der Waals surface area contributed by atoms with Crippen molar-refractivity contribution in [1.82, 2.24) is 9.97 Å². The van der Waals surface area contributed by atoms with E-state index in [0.29, 0.717) is 5.92 Å². The van der Waals surface area contributed by atoms with Gasteiger partial charge in [-0.05, 0) is 42.9 Å². The Kier molecular flexibility index (Phi) is 3.09. The molecule has 2 aromatic rings. The number of benzene rings is 1. The lowest BCUT2D eigenvalue weighted by molar-refractivity contribution is 0.230. The molecule has 0 radical (unpaired) electrons. The van der Waals surface area contributed by atoms with E-state index in [1.54, 1.807) is 0 Å². The fourth-order valence-electron chi connectivity index (χ4n) is 3.32. The fraction of sp³-hybridized carbons (Fsp3) is 0.562. The molecule has 3 nitrogen and oxygen atoms in total. The van der Waals surface area contributed by atoms with Crippen LogP contribution in [0.1, 0.15) is 50.9 Å². The first-order valence-corrected chi connectivity index (χ1v) is 7.39. The minimum Gasteiger partial charge on any atom is -0.340 e. The van der Waals surface area contributed by atoms with Crippen LogP contribution in [0.2, 0.25) is 0 Å². The summed E-state index contributed by atoms with van der Waals surface area (Å²) in [4.78, 5) is 8.20. The number of nitrogens with two attached hydrogens (primary N) is 1. The molecule has 1 saturated carbocycles. The maximum absolute atomic E-state index is 6.61. The van der Waals surface area contributed by atoms with Gasteiger partial charge >= 0.3 is 0 Å². The second kappa shape index (κ2) is 4.64. The van der Waals surface area contributed by atoms with Gasteiger partial charge in [-0.3, -0.25) is 0 Å². The van der Waals surface area contributed by atoms with E-state index < -0.39 is 0 Å². The molecule has 1 aliphatic carbocycles. The van der Waals surface area contributed by atoms with Crippen molar-refractivity contribution < 1.29 is 0 Å². The van der Waals surface area contributed by atoms with Crippen molar-refractivity contribution in [3.63, 3.8) is 0 Å². The summed E-state index contributed by atoms with van der Waals surface area (Å²) in [6.07, 6.45) is 5.62. The largest absolute Gasteiger partial charge is 0.340 e. The summed E-state index contributed by atoms with van der Waals surface area (Å²) in [5.74, 6) is 1.67. The highest BCUT2D eigenvalue weighted by molar-refractivity contribution is 5.76. The van der Waals surface area contributed by atoms with Gasteiger partial charge in [-0.15, -0.1) is 0 Å². The van der Waals surface area contributed by atoms with Gasteiger partial charge in [0.2, 0.25) is 0 Å². The Bertz CT molecular complexity index is 587. The van der Waals surface area contributed by atoms with E-state index in [2.05, 4.69) is 37.0 Å². The predicted octanol–water partition coefficient (Wildman–Crippen LogP) is 3.49. The molecule has 1 fully saturated rings. The van der Waals surface area contributed by atoms with Crippen molar-refractivity contribution in [3.05, 3.63) is 29.6 Å². The molecule has 0 amide bonds. The van der Waals surface area contributed by atoms with Gasteiger partial charge in [0.05, 0.1) is 16.6 Å². The smallest absolute Gasteiger partial charge is 0.127 e. The Labute approximate surface area is 114 Å². The molecule has 19 heavy (non-hydrogen) atoms. The zero-order valence-corrected chi connectivity index (χ0v) is 11.9. The lowest BCUT2D eigenvalue weighted by Crippen LogP contribution is -2.42. The number of fused-ring (bicyclic) bond motifs is 1. The average Bonchev–Trinajstić information content (AvgIpc) is 2.81. The van der Waals surface area contributed by atoms with Gasteiger partial charge in [0.15, 0.2) is 0 Å². The van der Waals surface area contributed by atoms with Crippen molar-refractivity contribution in [2.45, 2.75) is 51.5 Å². The number of H-pyrrole nitrogens is 1. The summed E-state index contributed by atoms with van der Waals surface area (Å²) in [7, 11) is 0. The highest BCUT2D eigenvalue weighted by atomic mass is 15.0. The van der Waals surface area contributed by atoms with Crippen molar-refractivity contribution in [3.8, 4) is 0 Å². The molecule has 0 bridgehead atoms. The Hall–Kier alpha value is -1.35. The topological polar surface area (TPSA) is 54.7 Å². The van der Waals surface area contributed by atoms with Crippen LogP contribution in [-0.4, -0.2) is 9.97 Å². The van der Waals surface area contributed by atoms with Gasteiger partial charge in [-0.25, -0.2) is 4.98 Å². The van der Waals surface area contributed by atoms with Crippen LogP contribution in [0, 0.1) is 5.92 Å². The number of aryl methyl sites for hydroxylation is 1. The van der Waals surface area contributed by atoms with Gasteiger partial charge in [0, 0.05) is 0 Å². The van der Waals surface area contributed by atoms with E-state index in [1.165, 1.54) is 18.4 Å². The quantitative estimate of drug-likeness (QED) is 0.865. The van der Waals surface area contributed by atoms with Crippen molar-refractivity contribution in [1.29, 1.82) is 0 Å². The number of imidazole rings is 1. The molecule has 0 aliphatic heterocycles. The molecule has 3 heteroatoms. The van der Waals surface area contributed by atoms with Crippen LogP contribution in [0.25, 0.3) is 11.0 Å². The Balaban J connectivity index is 2.00. The minimum atomic E-state index is -0.261. The van der Waals surface area contributed by atoms with Crippen molar-refractivity contribution in [2.24, 2.45) is 11.7 Å². The van der Waals surface area contributed by atoms with Crippen LogP contribution in [0.3, 0.4) is 0 Å². The first-order valence-electron chi connectivity index (χ1n) is 7.39. The van der Waals surface area contributed by atoms with Gasteiger partial charge in [0.1, 0.15) is 5.82 Å². The third kappa shape index (κ3) is 2.27. The third-order valence-electron chi connectivity index (χ3n) is 4.46. The molecule has 3 rings (SSSR count). The normalized spacial score (nSPS) is 27.8. The van der Waals surface area contributed by atoms with E-state index in [1.807, 2.05) is 0 Å². The van der Waals surface area contributed by atoms with E-state index in [9.17, 15) is 0 Å². The standard InChI is InChI=1S/C16H23N3/c1-3-12-6-7-13-14(9-12)19-15(18-13)16(17)8-4-5-11(2)10-16/h6-7,9,11H,3-5,8,10,17H2,1-2H3,(H,18,19). The zero-order chi connectivity index (χ0) is 13.5. The summed E-state index contributed by atoms with van der Waals surface area (Å²) in [5, 5.41) is 0. The molecule has 2 atom stereocenters.